The molecule has 0 aliphatic carbocycles. The highest BCUT2D eigenvalue weighted by atomic mass is 16.2. The third kappa shape index (κ3) is 3.75. The van der Waals surface area contributed by atoms with Gasteiger partial charge in [0.2, 0.25) is 17.6 Å². The number of tetrazole rings is 1. The maximum absolute atomic E-state index is 13.2. The Morgan fingerprint density at radius 2 is 2.15 bits per heavy atom. The first-order valence-corrected chi connectivity index (χ1v) is 11.3. The fourth-order valence-corrected chi connectivity index (χ4v) is 5.46. The zero-order valence-electron chi connectivity index (χ0n) is 18.5. The number of amides is 2. The zero-order chi connectivity index (χ0) is 23.1. The van der Waals surface area contributed by atoms with Crippen LogP contribution in [0.3, 0.4) is 0 Å². The number of nitrogens with one attached hydrogen (secondary N) is 1. The Hall–Kier alpha value is -3.36. The van der Waals surface area contributed by atoms with Crippen molar-refractivity contribution in [1.29, 1.82) is 5.26 Å². The summed E-state index contributed by atoms with van der Waals surface area (Å²) in [5.41, 5.74) is 8.12. The van der Waals surface area contributed by atoms with Crippen LogP contribution in [-0.4, -0.2) is 90.9 Å². The van der Waals surface area contributed by atoms with Gasteiger partial charge in [0, 0.05) is 31.2 Å². The summed E-state index contributed by atoms with van der Waals surface area (Å²) < 4.78 is 0. The summed E-state index contributed by atoms with van der Waals surface area (Å²) >= 11 is 0. The lowest BCUT2D eigenvalue weighted by molar-refractivity contribution is -0.140. The van der Waals surface area contributed by atoms with E-state index in [4.69, 9.17) is 5.73 Å². The Labute approximate surface area is 191 Å². The number of aromatic nitrogens is 4. The summed E-state index contributed by atoms with van der Waals surface area (Å²) in [6, 6.07) is 8.69. The summed E-state index contributed by atoms with van der Waals surface area (Å²) in [5, 5.41) is 23.3. The molecule has 33 heavy (non-hydrogen) atoms. The number of hydrogen-bond donors (Lipinski definition) is 2. The van der Waals surface area contributed by atoms with E-state index in [-0.39, 0.29) is 36.0 Å². The van der Waals surface area contributed by atoms with Gasteiger partial charge < -0.3 is 15.5 Å². The minimum Gasteiger partial charge on any atom is -0.330 e. The zero-order valence-corrected chi connectivity index (χ0v) is 18.5. The molecule has 1 aromatic heterocycles. The van der Waals surface area contributed by atoms with Gasteiger partial charge in [-0.1, -0.05) is 24.3 Å². The van der Waals surface area contributed by atoms with Gasteiger partial charge in [-0.2, -0.15) is 10.5 Å². The van der Waals surface area contributed by atoms with Crippen LogP contribution in [0.1, 0.15) is 37.8 Å². The smallest absolute Gasteiger partial charge is 0.241 e. The predicted molar refractivity (Wildman–Crippen MR) is 117 cm³/mol. The highest BCUT2D eigenvalue weighted by Crippen LogP contribution is 2.38. The van der Waals surface area contributed by atoms with Crippen molar-refractivity contribution in [2.45, 2.75) is 56.4 Å². The van der Waals surface area contributed by atoms with Crippen LogP contribution in [0.2, 0.25) is 0 Å². The molecular weight excluding hydrogens is 422 g/mol. The molecule has 5 atom stereocenters. The predicted octanol–water partition coefficient (Wildman–Crippen LogP) is 0.0547. The molecule has 5 rings (SSSR count). The van der Waals surface area contributed by atoms with Gasteiger partial charge in [0.25, 0.3) is 0 Å². The third-order valence-corrected chi connectivity index (χ3v) is 7.16. The van der Waals surface area contributed by atoms with Crippen molar-refractivity contribution >= 4 is 11.8 Å². The van der Waals surface area contributed by atoms with Gasteiger partial charge in [-0.15, -0.1) is 10.2 Å². The molecule has 0 saturated carbocycles. The van der Waals surface area contributed by atoms with Crippen molar-refractivity contribution in [3.63, 3.8) is 0 Å². The maximum atomic E-state index is 13.2. The average molecular weight is 450 g/mol. The second-order valence-electron chi connectivity index (χ2n) is 9.06. The normalized spacial score (nSPS) is 26.6. The van der Waals surface area contributed by atoms with Gasteiger partial charge >= 0.3 is 0 Å². The van der Waals surface area contributed by atoms with E-state index in [0.29, 0.717) is 31.9 Å². The van der Waals surface area contributed by atoms with E-state index in [2.05, 4.69) is 26.7 Å². The number of nitriles is 1. The van der Waals surface area contributed by atoms with Crippen molar-refractivity contribution in [3.8, 4) is 17.5 Å². The topological polar surface area (TPSA) is 148 Å². The fourth-order valence-electron chi connectivity index (χ4n) is 5.46. The third-order valence-electron chi connectivity index (χ3n) is 7.16. The van der Waals surface area contributed by atoms with Crippen molar-refractivity contribution in [1.82, 2.24) is 35.3 Å². The number of H-pyrrole nitrogens is 1. The average Bonchev–Trinajstić information content (AvgIpc) is 3.62. The van der Waals surface area contributed by atoms with Crippen LogP contribution in [0.15, 0.2) is 24.3 Å². The minimum absolute atomic E-state index is 0.0646. The highest BCUT2D eigenvalue weighted by molar-refractivity contribution is 5.87. The number of nitrogens with zero attached hydrogens (tertiary/aromatic N) is 7. The quantitative estimate of drug-likeness (QED) is 0.629. The standard InChI is InChI=1S/C22H27N9O2/c1-13(14-4-6-15(7-5-14)20-25-27-28-26-20)31-17-9-19(22(31)33)29(11-17)12-18(24)21(32)30-8-2-3-16(30)10-23/h4-7,13,16-19H,2-3,8-9,11-12,24H2,1H3,(H,25,26,27,28)/t13-,16-,17+,18-,19+/m0/s1. The SMILES string of the molecule is C[C@@H](c1ccc(-c2nn[nH]n2)cc1)N1C(=O)[C@H]2C[C@@H]1CN2C[C@H](N)C(=O)N1CCC[C@H]1C#N. The molecule has 0 radical (unpaired) electrons. The number of carbonyl (C=O) groups excluding carboxylic acids is 2. The van der Waals surface area contributed by atoms with E-state index < -0.39 is 6.04 Å². The number of benzene rings is 1. The van der Waals surface area contributed by atoms with Gasteiger partial charge in [0.1, 0.15) is 6.04 Å². The maximum Gasteiger partial charge on any atom is 0.241 e. The molecule has 2 amide bonds. The van der Waals surface area contributed by atoms with Crippen LogP contribution >= 0.6 is 0 Å². The molecule has 11 heteroatoms. The molecule has 2 aromatic rings. The highest BCUT2D eigenvalue weighted by Gasteiger charge is 2.51. The molecule has 4 heterocycles. The summed E-state index contributed by atoms with van der Waals surface area (Å²) in [7, 11) is 0. The summed E-state index contributed by atoms with van der Waals surface area (Å²) in [5.74, 6) is 0.417. The summed E-state index contributed by atoms with van der Waals surface area (Å²) in [6.07, 6.45) is 2.27. The largest absolute Gasteiger partial charge is 0.330 e. The molecule has 3 aliphatic heterocycles. The molecule has 0 spiro atoms. The minimum atomic E-state index is -0.727. The first-order chi connectivity index (χ1) is 16.0. The van der Waals surface area contributed by atoms with Crippen molar-refractivity contribution < 1.29 is 9.59 Å². The van der Waals surface area contributed by atoms with Crippen LogP contribution in [0.25, 0.3) is 11.4 Å². The number of rotatable bonds is 6. The van der Waals surface area contributed by atoms with Gasteiger partial charge in [0.05, 0.1) is 24.2 Å². The number of piperazine rings is 1. The van der Waals surface area contributed by atoms with Crippen LogP contribution in [0, 0.1) is 11.3 Å². The summed E-state index contributed by atoms with van der Waals surface area (Å²) in [6.45, 7) is 3.65. The molecule has 3 fully saturated rings. The Balaban J connectivity index is 1.22. The van der Waals surface area contributed by atoms with E-state index >= 15 is 0 Å². The Kier molecular flexibility index (Phi) is 5.55. The van der Waals surface area contributed by atoms with E-state index in [1.54, 1.807) is 4.90 Å². The lowest BCUT2D eigenvalue weighted by Crippen LogP contribution is -2.56. The number of fused-ring (bicyclic) bond motifs is 2. The molecule has 11 nitrogen and oxygen atoms in total. The van der Waals surface area contributed by atoms with Crippen molar-refractivity contribution in [2.75, 3.05) is 19.6 Å². The molecule has 1 aromatic carbocycles. The number of hydrogen-bond acceptors (Lipinski definition) is 8. The molecule has 0 unspecified atom stereocenters. The second kappa shape index (κ2) is 8.53. The number of nitrogens with two attached hydrogens (primary N) is 1. The Morgan fingerprint density at radius 3 is 2.82 bits per heavy atom. The van der Waals surface area contributed by atoms with Gasteiger partial charge in [-0.25, -0.2) is 0 Å². The summed E-state index contributed by atoms with van der Waals surface area (Å²) in [4.78, 5) is 31.6. The van der Waals surface area contributed by atoms with Crippen LogP contribution in [0.5, 0.6) is 0 Å². The van der Waals surface area contributed by atoms with Crippen molar-refractivity contribution in [2.24, 2.45) is 5.73 Å². The van der Waals surface area contributed by atoms with Crippen LogP contribution in [-0.2, 0) is 9.59 Å². The molecular formula is C22H27N9O2. The van der Waals surface area contributed by atoms with Crippen LogP contribution in [0.4, 0.5) is 0 Å². The molecule has 172 valence electrons. The first-order valence-electron chi connectivity index (χ1n) is 11.3. The number of likely N-dealkylation sites (tertiary alicyclic amines) is 3. The van der Waals surface area contributed by atoms with E-state index in [1.165, 1.54) is 0 Å². The van der Waals surface area contributed by atoms with Crippen molar-refractivity contribution in [3.05, 3.63) is 29.8 Å². The fraction of sp³-hybridized carbons (Fsp3) is 0.545. The first kappa shape index (κ1) is 21.5. The second-order valence-corrected chi connectivity index (χ2v) is 9.06. The van der Waals surface area contributed by atoms with Gasteiger partial charge in [-0.3, -0.25) is 14.5 Å². The molecule has 3 aliphatic rings. The van der Waals surface area contributed by atoms with E-state index in [0.717, 1.165) is 24.0 Å². The monoisotopic (exact) mass is 449 g/mol. The van der Waals surface area contributed by atoms with E-state index in [1.807, 2.05) is 41.0 Å². The van der Waals surface area contributed by atoms with Crippen LogP contribution < -0.4 is 5.73 Å². The van der Waals surface area contributed by atoms with Gasteiger partial charge in [0.15, 0.2) is 0 Å². The molecule has 3 saturated heterocycles. The molecule has 2 bridgehead atoms. The number of aromatic amines is 1. The van der Waals surface area contributed by atoms with Gasteiger partial charge in [-0.05, 0) is 37.0 Å². The lowest BCUT2D eigenvalue weighted by atomic mass is 10.0. The van der Waals surface area contributed by atoms with E-state index in [9.17, 15) is 14.9 Å². The Bertz CT molecular complexity index is 1060. The lowest BCUT2D eigenvalue weighted by Gasteiger charge is -2.38. The Morgan fingerprint density at radius 1 is 1.36 bits per heavy atom. The number of carbonyl (C=O) groups is 2. The molecule has 3 N–H and O–H groups in total.